The van der Waals surface area contributed by atoms with Crippen molar-refractivity contribution >= 4 is 22.9 Å². The van der Waals surface area contributed by atoms with Crippen LogP contribution in [0, 0.1) is 0 Å². The van der Waals surface area contributed by atoms with Gasteiger partial charge in [-0.3, -0.25) is 0 Å². The third-order valence-electron chi connectivity index (χ3n) is 2.39. The molecule has 0 fully saturated rings. The van der Waals surface area contributed by atoms with Gasteiger partial charge < -0.3 is 0 Å². The lowest BCUT2D eigenvalue weighted by molar-refractivity contribution is 0.571. The van der Waals surface area contributed by atoms with Gasteiger partial charge in [-0.05, 0) is 0 Å². The van der Waals surface area contributed by atoms with Gasteiger partial charge >= 0.3 is 0 Å². The summed E-state index contributed by atoms with van der Waals surface area (Å²) in [5.74, 6) is 0. The van der Waals surface area contributed by atoms with Gasteiger partial charge in [0.2, 0.25) is 0 Å². The maximum atomic E-state index is 6.00. The van der Waals surface area contributed by atoms with E-state index in [1.54, 1.807) is 17.5 Å². The summed E-state index contributed by atoms with van der Waals surface area (Å²) in [6.07, 6.45) is 3.89. The molecule has 0 aromatic carbocycles. The van der Waals surface area contributed by atoms with Crippen LogP contribution >= 0.6 is 22.9 Å². The van der Waals surface area contributed by atoms with Crippen molar-refractivity contribution in [2.24, 2.45) is 0 Å². The molecule has 17 heavy (non-hydrogen) atoms. The van der Waals surface area contributed by atoms with E-state index in [9.17, 15) is 0 Å². The fourth-order valence-electron chi connectivity index (χ4n) is 1.36. The first kappa shape index (κ1) is 12.5. The maximum absolute atomic E-state index is 6.00. The Morgan fingerprint density at radius 3 is 2.71 bits per heavy atom. The van der Waals surface area contributed by atoms with Gasteiger partial charge in [0.25, 0.3) is 0 Å². The molecule has 0 spiro atoms. The standard InChI is InChI=1S/C12H14ClN3S/c1-12(2,3)9-6-17-10(16-9)4-8-5-14-7-15-11(8)13/h5-7H,4H2,1-3H3. The Balaban J connectivity index is 2.21. The molecule has 0 bridgehead atoms. The molecule has 0 radical (unpaired) electrons. The monoisotopic (exact) mass is 267 g/mol. The number of hydrogen-bond acceptors (Lipinski definition) is 4. The summed E-state index contributed by atoms with van der Waals surface area (Å²) in [4.78, 5) is 12.6. The number of halogens is 1. The largest absolute Gasteiger partial charge is 0.245 e. The van der Waals surface area contributed by atoms with Crippen LogP contribution in [0.5, 0.6) is 0 Å². The van der Waals surface area contributed by atoms with Crippen LogP contribution in [-0.2, 0) is 11.8 Å². The van der Waals surface area contributed by atoms with Gasteiger partial charge in [-0.1, -0.05) is 32.4 Å². The van der Waals surface area contributed by atoms with E-state index in [-0.39, 0.29) is 5.41 Å². The summed E-state index contributed by atoms with van der Waals surface area (Å²) in [6.45, 7) is 6.47. The molecule has 90 valence electrons. The van der Waals surface area contributed by atoms with Crippen LogP contribution in [0.2, 0.25) is 5.15 Å². The molecule has 2 rings (SSSR count). The van der Waals surface area contributed by atoms with Crippen molar-refractivity contribution in [1.29, 1.82) is 0 Å². The van der Waals surface area contributed by atoms with Crippen molar-refractivity contribution in [2.75, 3.05) is 0 Å². The molecular formula is C12H14ClN3S. The topological polar surface area (TPSA) is 38.7 Å². The summed E-state index contributed by atoms with van der Waals surface area (Å²) in [7, 11) is 0. The van der Waals surface area contributed by atoms with E-state index >= 15 is 0 Å². The smallest absolute Gasteiger partial charge is 0.136 e. The number of thiazole rings is 1. The van der Waals surface area contributed by atoms with E-state index in [4.69, 9.17) is 11.6 Å². The van der Waals surface area contributed by atoms with Crippen LogP contribution < -0.4 is 0 Å². The molecule has 3 nitrogen and oxygen atoms in total. The highest BCUT2D eigenvalue weighted by atomic mass is 35.5. The van der Waals surface area contributed by atoms with Crippen molar-refractivity contribution < 1.29 is 0 Å². The quantitative estimate of drug-likeness (QED) is 0.782. The Kier molecular flexibility index (Phi) is 3.45. The predicted octanol–water partition coefficient (Wildman–Crippen LogP) is 3.47. The van der Waals surface area contributed by atoms with Crippen molar-refractivity contribution in [2.45, 2.75) is 32.6 Å². The third kappa shape index (κ3) is 3.01. The SMILES string of the molecule is CC(C)(C)c1csc(Cc2cncnc2Cl)n1. The lowest BCUT2D eigenvalue weighted by atomic mass is 9.93. The van der Waals surface area contributed by atoms with Crippen LogP contribution in [0.15, 0.2) is 17.9 Å². The zero-order valence-electron chi connectivity index (χ0n) is 10.1. The second kappa shape index (κ2) is 4.70. The molecule has 2 aromatic heterocycles. The summed E-state index contributed by atoms with van der Waals surface area (Å²) >= 11 is 7.65. The second-order valence-corrected chi connectivity index (χ2v) is 6.19. The Morgan fingerprint density at radius 1 is 1.35 bits per heavy atom. The normalized spacial score (nSPS) is 11.8. The number of rotatable bonds is 2. The highest BCUT2D eigenvalue weighted by Crippen LogP contribution is 2.25. The first-order chi connectivity index (χ1) is 7.97. The Morgan fingerprint density at radius 2 is 2.12 bits per heavy atom. The molecule has 5 heteroatoms. The van der Waals surface area contributed by atoms with Gasteiger partial charge in [0.05, 0.1) is 10.7 Å². The molecule has 0 N–H and O–H groups in total. The van der Waals surface area contributed by atoms with Crippen LogP contribution in [0.25, 0.3) is 0 Å². The maximum Gasteiger partial charge on any atom is 0.136 e. The molecule has 0 aliphatic rings. The van der Waals surface area contributed by atoms with Crippen LogP contribution in [-0.4, -0.2) is 15.0 Å². The first-order valence-corrected chi connectivity index (χ1v) is 6.62. The number of aromatic nitrogens is 3. The predicted molar refractivity (Wildman–Crippen MR) is 70.7 cm³/mol. The number of hydrogen-bond donors (Lipinski definition) is 0. The van der Waals surface area contributed by atoms with Gasteiger partial charge in [0.1, 0.15) is 11.5 Å². The zero-order valence-corrected chi connectivity index (χ0v) is 11.6. The molecule has 0 unspecified atom stereocenters. The minimum atomic E-state index is 0.0890. The molecule has 2 aromatic rings. The summed E-state index contributed by atoms with van der Waals surface area (Å²) in [5, 5.41) is 3.66. The minimum absolute atomic E-state index is 0.0890. The molecule has 0 saturated carbocycles. The van der Waals surface area contributed by atoms with E-state index in [0.29, 0.717) is 11.6 Å². The van der Waals surface area contributed by atoms with Gasteiger partial charge in [0, 0.05) is 29.0 Å². The highest BCUT2D eigenvalue weighted by molar-refractivity contribution is 7.09. The lowest BCUT2D eigenvalue weighted by Crippen LogP contribution is -2.11. The Hall–Kier alpha value is -1.00. The first-order valence-electron chi connectivity index (χ1n) is 5.36. The van der Waals surface area contributed by atoms with Gasteiger partial charge in [-0.25, -0.2) is 15.0 Å². The Labute approximate surface area is 110 Å². The molecule has 0 amide bonds. The zero-order chi connectivity index (χ0) is 12.5. The van der Waals surface area contributed by atoms with Crippen molar-refractivity contribution in [3.8, 4) is 0 Å². The van der Waals surface area contributed by atoms with E-state index in [2.05, 4.69) is 41.1 Å². The molecular weight excluding hydrogens is 254 g/mol. The van der Waals surface area contributed by atoms with Crippen molar-refractivity contribution in [1.82, 2.24) is 15.0 Å². The van der Waals surface area contributed by atoms with Gasteiger partial charge in [0.15, 0.2) is 0 Å². The second-order valence-electron chi connectivity index (χ2n) is 4.89. The fraction of sp³-hybridized carbons (Fsp3) is 0.417. The average Bonchev–Trinajstić information content (AvgIpc) is 2.69. The third-order valence-corrected chi connectivity index (χ3v) is 3.58. The van der Waals surface area contributed by atoms with E-state index in [1.807, 2.05) is 0 Å². The molecule has 0 aliphatic heterocycles. The summed E-state index contributed by atoms with van der Waals surface area (Å²) in [6, 6.07) is 0. The molecule has 0 aliphatic carbocycles. The van der Waals surface area contributed by atoms with Gasteiger partial charge in [-0.15, -0.1) is 11.3 Å². The molecule has 2 heterocycles. The van der Waals surface area contributed by atoms with E-state index in [1.165, 1.54) is 6.33 Å². The van der Waals surface area contributed by atoms with Crippen molar-refractivity contribution in [3.63, 3.8) is 0 Å². The molecule has 0 atom stereocenters. The highest BCUT2D eigenvalue weighted by Gasteiger charge is 2.17. The minimum Gasteiger partial charge on any atom is -0.245 e. The fourth-order valence-corrected chi connectivity index (χ4v) is 2.56. The Bertz CT molecular complexity index is 516. The molecule has 0 saturated heterocycles. The average molecular weight is 268 g/mol. The number of nitrogens with zero attached hydrogens (tertiary/aromatic N) is 3. The van der Waals surface area contributed by atoms with Gasteiger partial charge in [-0.2, -0.15) is 0 Å². The summed E-state index contributed by atoms with van der Waals surface area (Å²) < 4.78 is 0. The van der Waals surface area contributed by atoms with E-state index < -0.39 is 0 Å². The summed E-state index contributed by atoms with van der Waals surface area (Å²) in [5.41, 5.74) is 2.13. The van der Waals surface area contributed by atoms with Crippen LogP contribution in [0.3, 0.4) is 0 Å². The van der Waals surface area contributed by atoms with Crippen LogP contribution in [0.4, 0.5) is 0 Å². The van der Waals surface area contributed by atoms with Crippen molar-refractivity contribution in [3.05, 3.63) is 39.3 Å². The van der Waals surface area contributed by atoms with Crippen LogP contribution in [0.1, 0.15) is 37.0 Å². The van der Waals surface area contributed by atoms with E-state index in [0.717, 1.165) is 16.3 Å². The lowest BCUT2D eigenvalue weighted by Gasteiger charge is -2.14.